The average molecular weight is 226 g/mol. The van der Waals surface area contributed by atoms with E-state index in [2.05, 4.69) is 51.9 Å². The fourth-order valence-corrected chi connectivity index (χ4v) is 2.17. The van der Waals surface area contributed by atoms with Crippen molar-refractivity contribution >= 4 is 0 Å². The molecule has 2 heteroatoms. The summed E-state index contributed by atoms with van der Waals surface area (Å²) in [5.74, 6) is 0.713. The maximum atomic E-state index is 3.61. The van der Waals surface area contributed by atoms with Crippen LogP contribution in [0.2, 0.25) is 0 Å². The van der Waals surface area contributed by atoms with E-state index in [9.17, 15) is 0 Å². The Morgan fingerprint density at radius 3 is 2.19 bits per heavy atom. The lowest BCUT2D eigenvalue weighted by atomic mass is 9.89. The van der Waals surface area contributed by atoms with Crippen LogP contribution in [0, 0.1) is 5.92 Å². The topological polar surface area (TPSA) is 15.3 Å². The Hall–Kier alpha value is -0.0800. The summed E-state index contributed by atoms with van der Waals surface area (Å²) in [6, 6.07) is 1.53. The van der Waals surface area contributed by atoms with Gasteiger partial charge in [-0.15, -0.1) is 0 Å². The number of rotatable bonds is 5. The Morgan fingerprint density at radius 1 is 1.25 bits per heavy atom. The van der Waals surface area contributed by atoms with Crippen molar-refractivity contribution in [3.8, 4) is 0 Å². The number of hydrogen-bond donors (Lipinski definition) is 1. The van der Waals surface area contributed by atoms with Crippen LogP contribution in [-0.2, 0) is 0 Å². The highest BCUT2D eigenvalue weighted by molar-refractivity contribution is 4.84. The highest BCUT2D eigenvalue weighted by atomic mass is 15.2. The Labute approximate surface area is 102 Å². The van der Waals surface area contributed by atoms with Gasteiger partial charge in [0, 0.05) is 17.6 Å². The normalized spacial score (nSPS) is 21.9. The van der Waals surface area contributed by atoms with Gasteiger partial charge in [-0.2, -0.15) is 0 Å². The minimum atomic E-state index is 0.239. The molecule has 1 aliphatic carbocycles. The van der Waals surface area contributed by atoms with Crippen LogP contribution in [-0.4, -0.2) is 36.1 Å². The van der Waals surface area contributed by atoms with Crippen LogP contribution in [0.15, 0.2) is 0 Å². The van der Waals surface area contributed by atoms with Gasteiger partial charge in [-0.3, -0.25) is 0 Å². The maximum absolute atomic E-state index is 3.61. The zero-order chi connectivity index (χ0) is 12.3. The summed E-state index contributed by atoms with van der Waals surface area (Å²) < 4.78 is 0. The monoisotopic (exact) mass is 226 g/mol. The first kappa shape index (κ1) is 14.0. The highest BCUT2D eigenvalue weighted by Crippen LogP contribution is 2.26. The van der Waals surface area contributed by atoms with Crippen molar-refractivity contribution in [2.75, 3.05) is 13.6 Å². The Balaban J connectivity index is 2.31. The summed E-state index contributed by atoms with van der Waals surface area (Å²) in [5.41, 5.74) is 0.239. The van der Waals surface area contributed by atoms with Crippen LogP contribution >= 0.6 is 0 Å². The van der Waals surface area contributed by atoms with Gasteiger partial charge < -0.3 is 10.2 Å². The molecule has 0 radical (unpaired) electrons. The van der Waals surface area contributed by atoms with E-state index in [0.717, 1.165) is 12.6 Å². The first-order valence-corrected chi connectivity index (χ1v) is 6.78. The van der Waals surface area contributed by atoms with Crippen LogP contribution in [0.1, 0.15) is 53.9 Å². The van der Waals surface area contributed by atoms with Gasteiger partial charge in [-0.05, 0) is 60.0 Å². The molecule has 1 aliphatic rings. The summed E-state index contributed by atoms with van der Waals surface area (Å²) in [4.78, 5) is 2.58. The third-order valence-corrected chi connectivity index (χ3v) is 4.07. The molecule has 1 saturated carbocycles. The fraction of sp³-hybridized carbons (Fsp3) is 1.00. The molecule has 2 unspecified atom stereocenters. The SMILES string of the molecule is CC(CNC(C)(C)C)C(C)N(C)C1CCC1. The molecule has 2 atom stereocenters. The second-order valence-electron chi connectivity index (χ2n) is 6.60. The van der Waals surface area contributed by atoms with Crippen molar-refractivity contribution in [3.63, 3.8) is 0 Å². The van der Waals surface area contributed by atoms with E-state index >= 15 is 0 Å². The van der Waals surface area contributed by atoms with E-state index in [1.807, 2.05) is 0 Å². The second-order valence-corrected chi connectivity index (χ2v) is 6.60. The lowest BCUT2D eigenvalue weighted by Gasteiger charge is -2.41. The standard InChI is InChI=1S/C14H30N2/c1-11(10-15-14(3,4)5)12(2)16(6)13-8-7-9-13/h11-13,15H,7-10H2,1-6H3. The summed E-state index contributed by atoms with van der Waals surface area (Å²) in [6.07, 6.45) is 4.23. The van der Waals surface area contributed by atoms with E-state index in [1.54, 1.807) is 0 Å². The van der Waals surface area contributed by atoms with Crippen LogP contribution in [0.3, 0.4) is 0 Å². The molecule has 0 aromatic carbocycles. The van der Waals surface area contributed by atoms with Gasteiger partial charge in [0.05, 0.1) is 0 Å². The van der Waals surface area contributed by atoms with Gasteiger partial charge in [0.1, 0.15) is 0 Å². The second kappa shape index (κ2) is 5.50. The van der Waals surface area contributed by atoms with Crippen LogP contribution in [0.4, 0.5) is 0 Å². The molecule has 0 aromatic heterocycles. The largest absolute Gasteiger partial charge is 0.312 e. The summed E-state index contributed by atoms with van der Waals surface area (Å²) in [6.45, 7) is 12.5. The van der Waals surface area contributed by atoms with Gasteiger partial charge in [0.25, 0.3) is 0 Å². The maximum Gasteiger partial charge on any atom is 0.0105 e. The van der Waals surface area contributed by atoms with E-state index in [-0.39, 0.29) is 5.54 Å². The molecule has 0 bridgehead atoms. The molecule has 0 heterocycles. The predicted molar refractivity (Wildman–Crippen MR) is 71.8 cm³/mol. The number of nitrogens with zero attached hydrogens (tertiary/aromatic N) is 1. The van der Waals surface area contributed by atoms with E-state index in [4.69, 9.17) is 0 Å². The molecule has 1 rings (SSSR count). The van der Waals surface area contributed by atoms with Crippen molar-refractivity contribution in [3.05, 3.63) is 0 Å². The fourth-order valence-electron chi connectivity index (χ4n) is 2.17. The van der Waals surface area contributed by atoms with Gasteiger partial charge >= 0.3 is 0 Å². The molecule has 2 nitrogen and oxygen atoms in total. The van der Waals surface area contributed by atoms with Gasteiger partial charge in [0.15, 0.2) is 0 Å². The molecule has 0 amide bonds. The van der Waals surface area contributed by atoms with Crippen LogP contribution in [0.5, 0.6) is 0 Å². The number of nitrogens with one attached hydrogen (secondary N) is 1. The third kappa shape index (κ3) is 4.06. The Morgan fingerprint density at radius 2 is 1.81 bits per heavy atom. The first-order chi connectivity index (χ1) is 7.31. The highest BCUT2D eigenvalue weighted by Gasteiger charge is 2.28. The lowest BCUT2D eigenvalue weighted by Crippen LogP contribution is -2.49. The van der Waals surface area contributed by atoms with Gasteiger partial charge in [0.2, 0.25) is 0 Å². The smallest absolute Gasteiger partial charge is 0.0105 e. The molecule has 0 aliphatic heterocycles. The first-order valence-electron chi connectivity index (χ1n) is 6.78. The van der Waals surface area contributed by atoms with Crippen molar-refractivity contribution in [2.24, 2.45) is 5.92 Å². The molecule has 1 N–H and O–H groups in total. The van der Waals surface area contributed by atoms with Crippen LogP contribution < -0.4 is 5.32 Å². The van der Waals surface area contributed by atoms with E-state index in [1.165, 1.54) is 19.3 Å². The molecular weight excluding hydrogens is 196 g/mol. The Bertz CT molecular complexity index is 203. The van der Waals surface area contributed by atoms with E-state index < -0.39 is 0 Å². The zero-order valence-electron chi connectivity index (χ0n) is 12.0. The van der Waals surface area contributed by atoms with Crippen LogP contribution in [0.25, 0.3) is 0 Å². The average Bonchev–Trinajstić information content (AvgIpc) is 2.08. The van der Waals surface area contributed by atoms with Gasteiger partial charge in [-0.1, -0.05) is 13.3 Å². The van der Waals surface area contributed by atoms with Crippen molar-refractivity contribution in [2.45, 2.75) is 71.5 Å². The predicted octanol–water partition coefficient (Wildman–Crippen LogP) is 2.88. The number of hydrogen-bond acceptors (Lipinski definition) is 2. The zero-order valence-corrected chi connectivity index (χ0v) is 12.0. The minimum Gasteiger partial charge on any atom is -0.312 e. The summed E-state index contributed by atoms with van der Waals surface area (Å²) >= 11 is 0. The molecule has 96 valence electrons. The van der Waals surface area contributed by atoms with Crippen molar-refractivity contribution < 1.29 is 0 Å². The molecule has 1 fully saturated rings. The molecule has 0 spiro atoms. The Kier molecular flexibility index (Phi) is 4.81. The third-order valence-electron chi connectivity index (χ3n) is 4.07. The molecular formula is C14H30N2. The van der Waals surface area contributed by atoms with Crippen molar-refractivity contribution in [1.82, 2.24) is 10.2 Å². The lowest BCUT2D eigenvalue weighted by molar-refractivity contribution is 0.0878. The van der Waals surface area contributed by atoms with Crippen molar-refractivity contribution in [1.29, 1.82) is 0 Å². The molecule has 16 heavy (non-hydrogen) atoms. The van der Waals surface area contributed by atoms with Gasteiger partial charge in [-0.25, -0.2) is 0 Å². The summed E-state index contributed by atoms with van der Waals surface area (Å²) in [7, 11) is 2.29. The minimum absolute atomic E-state index is 0.239. The summed E-state index contributed by atoms with van der Waals surface area (Å²) in [5, 5.41) is 3.61. The quantitative estimate of drug-likeness (QED) is 0.775. The molecule has 0 aromatic rings. The molecule has 0 saturated heterocycles. The van der Waals surface area contributed by atoms with E-state index in [0.29, 0.717) is 12.0 Å².